The fraction of sp³-hybridized carbons (Fsp3) is 0.800. The van der Waals surface area contributed by atoms with Gasteiger partial charge in [0.2, 0.25) is 0 Å². The van der Waals surface area contributed by atoms with E-state index in [0.29, 0.717) is 16.7 Å². The molecule has 3 atom stereocenters. The van der Waals surface area contributed by atoms with Crippen LogP contribution in [-0.2, 0) is 0 Å². The molecule has 0 aromatic rings. The van der Waals surface area contributed by atoms with Gasteiger partial charge in [0, 0.05) is 0 Å². The second kappa shape index (κ2) is 6.28. The summed E-state index contributed by atoms with van der Waals surface area (Å²) in [5.41, 5.74) is 3.74. The number of fused-ring (bicyclic) bond motifs is 1. The summed E-state index contributed by atoms with van der Waals surface area (Å²) in [4.78, 5) is 0. The van der Waals surface area contributed by atoms with Gasteiger partial charge in [-0.3, -0.25) is 0 Å². The van der Waals surface area contributed by atoms with Gasteiger partial charge in [-0.2, -0.15) is 0 Å². The van der Waals surface area contributed by atoms with Crippen molar-refractivity contribution in [1.29, 1.82) is 0 Å². The largest absolute Gasteiger partial charge is 0.392 e. The molecule has 0 aromatic carbocycles. The molecule has 120 valence electrons. The molecule has 1 nitrogen and oxygen atoms in total. The van der Waals surface area contributed by atoms with Crippen LogP contribution in [0.4, 0.5) is 0 Å². The van der Waals surface area contributed by atoms with Crippen molar-refractivity contribution < 1.29 is 5.11 Å². The van der Waals surface area contributed by atoms with E-state index in [4.69, 9.17) is 5.11 Å². The number of aliphatic hydroxyl groups excluding tert-OH is 1. The first kappa shape index (κ1) is 16.8. The van der Waals surface area contributed by atoms with Crippen LogP contribution < -0.4 is 0 Å². The third-order valence-corrected chi connectivity index (χ3v) is 6.59. The van der Waals surface area contributed by atoms with Gasteiger partial charge < -0.3 is 5.11 Å². The highest BCUT2D eigenvalue weighted by Crippen LogP contribution is 2.61. The minimum absolute atomic E-state index is 0.171. The molecule has 0 aliphatic heterocycles. The third kappa shape index (κ3) is 3.28. The van der Waals surface area contributed by atoms with E-state index in [1.807, 2.05) is 6.08 Å². The Morgan fingerprint density at radius 1 is 1.33 bits per heavy atom. The maximum atomic E-state index is 9.04. The fourth-order valence-electron chi connectivity index (χ4n) is 5.44. The molecule has 2 rings (SSSR count). The van der Waals surface area contributed by atoms with Gasteiger partial charge in [-0.05, 0) is 68.1 Å². The smallest absolute Gasteiger partial charge is 0.0614 e. The second-order valence-corrected chi connectivity index (χ2v) is 8.42. The molecular weight excluding hydrogens is 256 g/mol. The monoisotopic (exact) mass is 290 g/mol. The molecule has 2 fully saturated rings. The predicted octanol–water partition coefficient (Wildman–Crippen LogP) is 5.50. The lowest BCUT2D eigenvalue weighted by molar-refractivity contribution is -0.0539. The lowest BCUT2D eigenvalue weighted by atomic mass is 9.47. The Morgan fingerprint density at radius 3 is 2.71 bits per heavy atom. The standard InChI is InChI=1S/C20H34O/c1-15(11-14-21)7-9-17-16(2)8-10-18-19(3,4)12-6-13-20(17,18)5/h11,17-18,21H,2,6-10,12-14H2,1,3-5H3/b15-11+/t17-,18?,20-/m1/s1. The zero-order chi connectivity index (χ0) is 15.7. The fourth-order valence-corrected chi connectivity index (χ4v) is 5.44. The van der Waals surface area contributed by atoms with Gasteiger partial charge in [0.25, 0.3) is 0 Å². The molecule has 0 radical (unpaired) electrons. The molecule has 0 aromatic heterocycles. The van der Waals surface area contributed by atoms with Gasteiger partial charge in [0.15, 0.2) is 0 Å². The maximum absolute atomic E-state index is 9.04. The minimum atomic E-state index is 0.171. The van der Waals surface area contributed by atoms with Gasteiger partial charge in [-0.15, -0.1) is 0 Å². The van der Waals surface area contributed by atoms with Crippen LogP contribution >= 0.6 is 0 Å². The number of hydrogen-bond donors (Lipinski definition) is 1. The first-order valence-corrected chi connectivity index (χ1v) is 8.75. The summed E-state index contributed by atoms with van der Waals surface area (Å²) in [6.07, 6.45) is 11.0. The number of rotatable bonds is 4. The van der Waals surface area contributed by atoms with Crippen LogP contribution in [0.1, 0.15) is 72.6 Å². The van der Waals surface area contributed by atoms with Crippen molar-refractivity contribution in [3.05, 3.63) is 23.8 Å². The highest BCUT2D eigenvalue weighted by molar-refractivity contribution is 5.16. The lowest BCUT2D eigenvalue weighted by Gasteiger charge is -2.58. The molecule has 0 heterocycles. The van der Waals surface area contributed by atoms with Gasteiger partial charge in [-0.1, -0.05) is 51.0 Å². The molecule has 1 N–H and O–H groups in total. The van der Waals surface area contributed by atoms with Crippen LogP contribution in [0.15, 0.2) is 23.8 Å². The van der Waals surface area contributed by atoms with Crippen LogP contribution in [0.25, 0.3) is 0 Å². The molecular formula is C20H34O. The molecule has 0 bridgehead atoms. The van der Waals surface area contributed by atoms with E-state index in [2.05, 4.69) is 34.3 Å². The maximum Gasteiger partial charge on any atom is 0.0614 e. The van der Waals surface area contributed by atoms with E-state index in [9.17, 15) is 0 Å². The summed E-state index contributed by atoms with van der Waals surface area (Å²) in [6, 6.07) is 0. The van der Waals surface area contributed by atoms with Crippen molar-refractivity contribution in [2.24, 2.45) is 22.7 Å². The minimum Gasteiger partial charge on any atom is -0.392 e. The van der Waals surface area contributed by atoms with Gasteiger partial charge in [-0.25, -0.2) is 0 Å². The Labute approximate surface area is 131 Å². The first-order chi connectivity index (χ1) is 9.81. The molecule has 0 amide bonds. The Bertz CT molecular complexity index is 418. The summed E-state index contributed by atoms with van der Waals surface area (Å²) in [7, 11) is 0. The predicted molar refractivity (Wildman–Crippen MR) is 91.2 cm³/mol. The highest BCUT2D eigenvalue weighted by Gasteiger charge is 2.52. The van der Waals surface area contributed by atoms with E-state index in [-0.39, 0.29) is 6.61 Å². The zero-order valence-electron chi connectivity index (χ0n) is 14.5. The van der Waals surface area contributed by atoms with Gasteiger partial charge in [0.05, 0.1) is 6.61 Å². The molecule has 0 spiro atoms. The Kier molecular flexibility index (Phi) is 5.03. The molecule has 2 aliphatic rings. The SMILES string of the molecule is C=C1CCC2C(C)(C)CCC[C@]2(C)[C@@H]1CC/C(C)=C/CO. The van der Waals surface area contributed by atoms with E-state index in [0.717, 1.165) is 12.3 Å². The zero-order valence-corrected chi connectivity index (χ0v) is 14.5. The van der Waals surface area contributed by atoms with Crippen LogP contribution in [-0.4, -0.2) is 11.7 Å². The van der Waals surface area contributed by atoms with E-state index in [1.165, 1.54) is 49.7 Å². The lowest BCUT2D eigenvalue weighted by Crippen LogP contribution is -2.49. The van der Waals surface area contributed by atoms with Crippen molar-refractivity contribution >= 4 is 0 Å². The quantitative estimate of drug-likeness (QED) is 0.677. The average molecular weight is 290 g/mol. The number of aliphatic hydroxyl groups is 1. The molecule has 2 saturated carbocycles. The molecule has 1 unspecified atom stereocenters. The molecule has 1 heteroatoms. The highest BCUT2D eigenvalue weighted by atomic mass is 16.2. The Balaban J connectivity index is 2.17. The summed E-state index contributed by atoms with van der Waals surface area (Å²) in [5, 5.41) is 9.04. The van der Waals surface area contributed by atoms with Gasteiger partial charge in [0.1, 0.15) is 0 Å². The van der Waals surface area contributed by atoms with Crippen LogP contribution in [0, 0.1) is 22.7 Å². The van der Waals surface area contributed by atoms with Gasteiger partial charge >= 0.3 is 0 Å². The van der Waals surface area contributed by atoms with Crippen molar-refractivity contribution in [2.75, 3.05) is 6.61 Å². The van der Waals surface area contributed by atoms with E-state index < -0.39 is 0 Å². The van der Waals surface area contributed by atoms with Crippen molar-refractivity contribution in [3.8, 4) is 0 Å². The van der Waals surface area contributed by atoms with Crippen molar-refractivity contribution in [3.63, 3.8) is 0 Å². The second-order valence-electron chi connectivity index (χ2n) is 8.42. The third-order valence-electron chi connectivity index (χ3n) is 6.59. The molecule has 2 aliphatic carbocycles. The summed E-state index contributed by atoms with van der Waals surface area (Å²) >= 11 is 0. The first-order valence-electron chi connectivity index (χ1n) is 8.75. The summed E-state index contributed by atoms with van der Waals surface area (Å²) in [6.45, 7) is 14.3. The molecule has 21 heavy (non-hydrogen) atoms. The summed E-state index contributed by atoms with van der Waals surface area (Å²) < 4.78 is 0. The van der Waals surface area contributed by atoms with E-state index in [1.54, 1.807) is 0 Å². The van der Waals surface area contributed by atoms with E-state index >= 15 is 0 Å². The Morgan fingerprint density at radius 2 is 2.05 bits per heavy atom. The Hall–Kier alpha value is -0.560. The number of hydrogen-bond acceptors (Lipinski definition) is 1. The normalized spacial score (nSPS) is 36.4. The van der Waals surface area contributed by atoms with Crippen LogP contribution in [0.5, 0.6) is 0 Å². The number of allylic oxidation sites excluding steroid dienone is 2. The topological polar surface area (TPSA) is 20.2 Å². The van der Waals surface area contributed by atoms with Crippen LogP contribution in [0.3, 0.4) is 0 Å². The molecule has 0 saturated heterocycles. The van der Waals surface area contributed by atoms with Crippen LogP contribution in [0.2, 0.25) is 0 Å². The van der Waals surface area contributed by atoms with Crippen molar-refractivity contribution in [2.45, 2.75) is 72.6 Å². The summed E-state index contributed by atoms with van der Waals surface area (Å²) in [5.74, 6) is 1.51. The average Bonchev–Trinajstić information content (AvgIpc) is 2.37. The van der Waals surface area contributed by atoms with Crippen molar-refractivity contribution in [1.82, 2.24) is 0 Å².